The highest BCUT2D eigenvalue weighted by atomic mass is 16.5. The van der Waals surface area contributed by atoms with Crippen LogP contribution in [0.2, 0.25) is 0 Å². The predicted octanol–water partition coefficient (Wildman–Crippen LogP) is 5.09. The molecule has 1 N–H and O–H groups in total. The first-order valence-corrected chi connectivity index (χ1v) is 10.3. The van der Waals surface area contributed by atoms with Crippen LogP contribution in [0.25, 0.3) is 11.1 Å². The van der Waals surface area contributed by atoms with Gasteiger partial charge < -0.3 is 10.1 Å². The van der Waals surface area contributed by atoms with Crippen LogP contribution in [0.4, 0.5) is 4.79 Å². The van der Waals surface area contributed by atoms with Crippen LogP contribution in [-0.2, 0) is 4.74 Å². The molecule has 0 aliphatic heterocycles. The first-order valence-electron chi connectivity index (χ1n) is 10.3. The van der Waals surface area contributed by atoms with Gasteiger partial charge in [0.2, 0.25) is 0 Å². The third kappa shape index (κ3) is 4.51. The number of carbonyl (C=O) groups is 2. The molecule has 0 heterocycles. The van der Waals surface area contributed by atoms with Gasteiger partial charge in [-0.3, -0.25) is 4.79 Å². The highest BCUT2D eigenvalue weighted by Gasteiger charge is 2.28. The molecule has 0 atom stereocenters. The number of hydrogen-bond acceptors (Lipinski definition) is 3. The summed E-state index contributed by atoms with van der Waals surface area (Å²) in [7, 11) is 0. The summed E-state index contributed by atoms with van der Waals surface area (Å²) in [5.41, 5.74) is 7.10. The van der Waals surface area contributed by atoms with Gasteiger partial charge in [0, 0.05) is 30.0 Å². The van der Waals surface area contributed by atoms with Gasteiger partial charge in [0.25, 0.3) is 0 Å². The van der Waals surface area contributed by atoms with Gasteiger partial charge in [0.05, 0.1) is 0 Å². The van der Waals surface area contributed by atoms with E-state index in [-0.39, 0.29) is 12.5 Å². The predicted molar refractivity (Wildman–Crippen MR) is 121 cm³/mol. The number of aldehydes is 1. The van der Waals surface area contributed by atoms with Crippen molar-refractivity contribution in [2.24, 2.45) is 0 Å². The van der Waals surface area contributed by atoms with E-state index in [2.05, 4.69) is 41.4 Å². The summed E-state index contributed by atoms with van der Waals surface area (Å²) in [6.45, 7) is 2.63. The number of alkyl carbamates (subject to hydrolysis) is 1. The van der Waals surface area contributed by atoms with E-state index >= 15 is 0 Å². The Morgan fingerprint density at radius 2 is 1.71 bits per heavy atom. The van der Waals surface area contributed by atoms with Crippen molar-refractivity contribution in [3.05, 3.63) is 94.5 Å². The average Bonchev–Trinajstić information content (AvgIpc) is 3.11. The quantitative estimate of drug-likeness (QED) is 0.363. The Hall–Kier alpha value is -3.84. The number of fused-ring (bicyclic) bond motifs is 3. The molecule has 0 spiro atoms. The number of nitrogens with one attached hydrogen (secondary N) is 1. The maximum atomic E-state index is 12.2. The Bertz CT molecular complexity index is 1140. The normalized spacial score (nSPS) is 11.6. The van der Waals surface area contributed by atoms with Crippen molar-refractivity contribution >= 4 is 12.4 Å². The molecular formula is C27H23NO3. The molecule has 0 saturated carbocycles. The second kappa shape index (κ2) is 9.32. The monoisotopic (exact) mass is 409 g/mol. The van der Waals surface area contributed by atoms with E-state index in [1.165, 1.54) is 22.3 Å². The Labute approximate surface area is 182 Å². The molecule has 4 nitrogen and oxygen atoms in total. The molecule has 4 rings (SSSR count). The maximum Gasteiger partial charge on any atom is 0.407 e. The molecule has 154 valence electrons. The first-order chi connectivity index (χ1) is 15.2. The van der Waals surface area contributed by atoms with Crippen LogP contribution in [0.5, 0.6) is 0 Å². The molecule has 0 bridgehead atoms. The zero-order valence-corrected chi connectivity index (χ0v) is 17.4. The lowest BCUT2D eigenvalue weighted by Crippen LogP contribution is -2.26. The van der Waals surface area contributed by atoms with E-state index in [1.807, 2.05) is 43.3 Å². The molecule has 3 aromatic rings. The SMILES string of the molecule is Cc1ccc(C=O)c(C#CCCNC(=O)OCC2c3ccccc3-c3ccccc32)c1. The van der Waals surface area contributed by atoms with E-state index in [4.69, 9.17) is 4.74 Å². The van der Waals surface area contributed by atoms with Gasteiger partial charge >= 0.3 is 6.09 Å². The van der Waals surface area contributed by atoms with Crippen molar-refractivity contribution in [1.29, 1.82) is 0 Å². The van der Waals surface area contributed by atoms with E-state index in [9.17, 15) is 9.59 Å². The van der Waals surface area contributed by atoms with Gasteiger partial charge in [0.1, 0.15) is 6.61 Å². The number of benzene rings is 3. The third-order valence-electron chi connectivity index (χ3n) is 5.42. The van der Waals surface area contributed by atoms with E-state index < -0.39 is 6.09 Å². The summed E-state index contributed by atoms with van der Waals surface area (Å²) in [5, 5.41) is 2.75. The fourth-order valence-corrected chi connectivity index (χ4v) is 3.92. The minimum absolute atomic E-state index is 0.0426. The smallest absolute Gasteiger partial charge is 0.407 e. The van der Waals surface area contributed by atoms with Crippen molar-refractivity contribution in [2.45, 2.75) is 19.3 Å². The van der Waals surface area contributed by atoms with Crippen molar-refractivity contribution in [1.82, 2.24) is 5.32 Å². The Morgan fingerprint density at radius 3 is 2.39 bits per heavy atom. The highest BCUT2D eigenvalue weighted by Crippen LogP contribution is 2.44. The second-order valence-corrected chi connectivity index (χ2v) is 7.51. The van der Waals surface area contributed by atoms with Crippen molar-refractivity contribution in [3.8, 4) is 23.0 Å². The number of carbonyl (C=O) groups excluding carboxylic acids is 2. The Balaban J connectivity index is 1.30. The van der Waals surface area contributed by atoms with Crippen LogP contribution in [0.3, 0.4) is 0 Å². The molecule has 0 fully saturated rings. The largest absolute Gasteiger partial charge is 0.449 e. The summed E-state index contributed by atoms with van der Waals surface area (Å²) in [5.74, 6) is 6.05. The van der Waals surface area contributed by atoms with Crippen LogP contribution in [-0.4, -0.2) is 25.5 Å². The standard InChI is InChI=1S/C27H23NO3/c1-19-13-14-21(17-29)20(16-19)8-6-7-15-28-27(30)31-18-26-24-11-4-2-9-22(24)23-10-3-5-12-25(23)26/h2-5,9-14,16-17,26H,7,15,18H2,1H3,(H,28,30). The summed E-state index contributed by atoms with van der Waals surface area (Å²) < 4.78 is 5.51. The number of aryl methyl sites for hydroxylation is 1. The first kappa shape index (κ1) is 20.4. The lowest BCUT2D eigenvalue weighted by atomic mass is 9.98. The molecule has 1 aliphatic carbocycles. The molecule has 31 heavy (non-hydrogen) atoms. The molecule has 0 unspecified atom stereocenters. The molecule has 0 aromatic heterocycles. The lowest BCUT2D eigenvalue weighted by Gasteiger charge is -2.14. The molecule has 0 saturated heterocycles. The number of amides is 1. The van der Waals surface area contributed by atoms with Crippen LogP contribution in [0.15, 0.2) is 66.7 Å². The molecule has 1 amide bonds. The summed E-state index contributed by atoms with van der Waals surface area (Å²) in [6, 6.07) is 22.0. The van der Waals surface area contributed by atoms with Gasteiger partial charge in [0.15, 0.2) is 6.29 Å². The number of rotatable bonds is 5. The Kier molecular flexibility index (Phi) is 6.14. The van der Waals surface area contributed by atoms with Crippen LogP contribution < -0.4 is 5.32 Å². The van der Waals surface area contributed by atoms with Crippen LogP contribution in [0, 0.1) is 18.8 Å². The molecular weight excluding hydrogens is 386 g/mol. The average molecular weight is 409 g/mol. The van der Waals surface area contributed by atoms with Gasteiger partial charge in [-0.05, 0) is 40.8 Å². The maximum absolute atomic E-state index is 12.2. The fraction of sp³-hybridized carbons (Fsp3) is 0.185. The molecule has 0 radical (unpaired) electrons. The van der Waals surface area contributed by atoms with Crippen molar-refractivity contribution < 1.29 is 14.3 Å². The van der Waals surface area contributed by atoms with Gasteiger partial charge in [-0.2, -0.15) is 0 Å². The molecule has 3 aromatic carbocycles. The van der Waals surface area contributed by atoms with Crippen LogP contribution in [0.1, 0.15) is 45.0 Å². The highest BCUT2D eigenvalue weighted by molar-refractivity contribution is 5.80. The summed E-state index contributed by atoms with van der Waals surface area (Å²) in [6.07, 6.45) is 0.822. The lowest BCUT2D eigenvalue weighted by molar-refractivity contribution is 0.112. The van der Waals surface area contributed by atoms with Crippen molar-refractivity contribution in [2.75, 3.05) is 13.2 Å². The number of hydrogen-bond donors (Lipinski definition) is 1. The summed E-state index contributed by atoms with van der Waals surface area (Å²) in [4.78, 5) is 23.3. The van der Waals surface area contributed by atoms with E-state index in [1.54, 1.807) is 6.07 Å². The van der Waals surface area contributed by atoms with Gasteiger partial charge in [-0.1, -0.05) is 72.5 Å². The van der Waals surface area contributed by atoms with Gasteiger partial charge in [-0.15, -0.1) is 0 Å². The summed E-state index contributed by atoms with van der Waals surface area (Å²) >= 11 is 0. The Morgan fingerprint density at radius 1 is 1.03 bits per heavy atom. The topological polar surface area (TPSA) is 55.4 Å². The zero-order valence-electron chi connectivity index (χ0n) is 17.4. The van der Waals surface area contributed by atoms with Crippen molar-refractivity contribution in [3.63, 3.8) is 0 Å². The molecule has 4 heteroatoms. The molecule has 1 aliphatic rings. The number of ether oxygens (including phenoxy) is 1. The minimum atomic E-state index is -0.451. The van der Waals surface area contributed by atoms with Crippen LogP contribution >= 0.6 is 0 Å². The second-order valence-electron chi connectivity index (χ2n) is 7.51. The van der Waals surface area contributed by atoms with E-state index in [0.717, 1.165) is 11.8 Å². The minimum Gasteiger partial charge on any atom is -0.449 e. The van der Waals surface area contributed by atoms with Gasteiger partial charge in [-0.25, -0.2) is 4.79 Å². The fourth-order valence-electron chi connectivity index (χ4n) is 3.92. The zero-order chi connectivity index (χ0) is 21.6. The third-order valence-corrected chi connectivity index (χ3v) is 5.42. The van der Waals surface area contributed by atoms with E-state index in [0.29, 0.717) is 24.1 Å².